The SMILES string of the molecule is CC(NCCn1ccccc1=O)C1CC2CCC1C2. The van der Waals surface area contributed by atoms with Crippen LogP contribution in [0.4, 0.5) is 0 Å². The summed E-state index contributed by atoms with van der Waals surface area (Å²) in [6, 6.07) is 5.93. The predicted molar refractivity (Wildman–Crippen MR) is 77.1 cm³/mol. The third-order valence-corrected chi connectivity index (χ3v) is 5.15. The van der Waals surface area contributed by atoms with Crippen molar-refractivity contribution in [2.24, 2.45) is 17.8 Å². The largest absolute Gasteiger partial charge is 0.314 e. The first-order valence-corrected chi connectivity index (χ1v) is 7.63. The van der Waals surface area contributed by atoms with Gasteiger partial charge in [-0.3, -0.25) is 4.79 Å². The fourth-order valence-electron chi connectivity index (χ4n) is 4.12. The number of hydrogen-bond donors (Lipinski definition) is 1. The molecule has 0 spiro atoms. The predicted octanol–water partition coefficient (Wildman–Crippen LogP) is 2.26. The van der Waals surface area contributed by atoms with Gasteiger partial charge in [-0.15, -0.1) is 0 Å². The summed E-state index contributed by atoms with van der Waals surface area (Å²) in [5.74, 6) is 2.84. The first-order valence-electron chi connectivity index (χ1n) is 7.63. The topological polar surface area (TPSA) is 34.0 Å². The van der Waals surface area contributed by atoms with Crippen LogP contribution in [0.15, 0.2) is 29.2 Å². The van der Waals surface area contributed by atoms with Gasteiger partial charge in [0, 0.05) is 31.4 Å². The normalized spacial score (nSPS) is 30.7. The Morgan fingerprint density at radius 1 is 1.37 bits per heavy atom. The first-order chi connectivity index (χ1) is 9.24. The molecule has 1 heterocycles. The van der Waals surface area contributed by atoms with Crippen LogP contribution in [-0.2, 0) is 6.54 Å². The van der Waals surface area contributed by atoms with Gasteiger partial charge in [-0.05, 0) is 50.0 Å². The van der Waals surface area contributed by atoms with Gasteiger partial charge < -0.3 is 9.88 Å². The quantitative estimate of drug-likeness (QED) is 0.881. The molecule has 3 nitrogen and oxygen atoms in total. The molecule has 2 saturated carbocycles. The molecule has 4 unspecified atom stereocenters. The molecule has 1 aromatic rings. The first kappa shape index (κ1) is 12.9. The Hall–Kier alpha value is -1.09. The average Bonchev–Trinajstić information content (AvgIpc) is 3.03. The molecular weight excluding hydrogens is 236 g/mol. The second kappa shape index (κ2) is 5.49. The molecule has 2 bridgehead atoms. The Morgan fingerprint density at radius 3 is 2.95 bits per heavy atom. The van der Waals surface area contributed by atoms with E-state index in [2.05, 4.69) is 12.2 Å². The van der Waals surface area contributed by atoms with Crippen LogP contribution < -0.4 is 10.9 Å². The van der Waals surface area contributed by atoms with Crippen molar-refractivity contribution in [2.45, 2.75) is 45.2 Å². The van der Waals surface area contributed by atoms with Crippen LogP contribution >= 0.6 is 0 Å². The molecule has 19 heavy (non-hydrogen) atoms. The van der Waals surface area contributed by atoms with E-state index in [1.807, 2.05) is 12.3 Å². The zero-order chi connectivity index (χ0) is 13.2. The lowest BCUT2D eigenvalue weighted by molar-refractivity contribution is 0.259. The minimum Gasteiger partial charge on any atom is -0.314 e. The van der Waals surface area contributed by atoms with E-state index in [9.17, 15) is 4.79 Å². The Labute approximate surface area is 115 Å². The molecule has 2 aliphatic carbocycles. The molecule has 0 aromatic carbocycles. The summed E-state index contributed by atoms with van der Waals surface area (Å²) >= 11 is 0. The van der Waals surface area contributed by atoms with Gasteiger partial charge >= 0.3 is 0 Å². The van der Waals surface area contributed by atoms with E-state index in [-0.39, 0.29) is 5.56 Å². The van der Waals surface area contributed by atoms with Gasteiger partial charge in [0.2, 0.25) is 0 Å². The number of pyridine rings is 1. The van der Waals surface area contributed by atoms with Gasteiger partial charge in [0.1, 0.15) is 0 Å². The number of nitrogens with one attached hydrogen (secondary N) is 1. The number of rotatable bonds is 5. The number of hydrogen-bond acceptors (Lipinski definition) is 2. The number of fused-ring (bicyclic) bond motifs is 2. The third-order valence-electron chi connectivity index (χ3n) is 5.15. The summed E-state index contributed by atoms with van der Waals surface area (Å²) in [6.07, 6.45) is 7.66. The van der Waals surface area contributed by atoms with Gasteiger partial charge in [-0.2, -0.15) is 0 Å². The van der Waals surface area contributed by atoms with E-state index in [1.165, 1.54) is 25.7 Å². The van der Waals surface area contributed by atoms with Gasteiger partial charge in [-0.25, -0.2) is 0 Å². The van der Waals surface area contributed by atoms with Crippen molar-refractivity contribution >= 4 is 0 Å². The minimum atomic E-state index is 0.0943. The second-order valence-corrected chi connectivity index (χ2v) is 6.31. The summed E-state index contributed by atoms with van der Waals surface area (Å²) in [4.78, 5) is 11.6. The van der Waals surface area contributed by atoms with Crippen LogP contribution in [0.5, 0.6) is 0 Å². The molecule has 3 heteroatoms. The van der Waals surface area contributed by atoms with Gasteiger partial charge in [0.25, 0.3) is 5.56 Å². The van der Waals surface area contributed by atoms with Crippen LogP contribution in [0.1, 0.15) is 32.6 Å². The fraction of sp³-hybridized carbons (Fsp3) is 0.688. The lowest BCUT2D eigenvalue weighted by Gasteiger charge is -2.28. The van der Waals surface area contributed by atoms with Crippen molar-refractivity contribution in [1.29, 1.82) is 0 Å². The maximum absolute atomic E-state index is 11.6. The molecule has 4 atom stereocenters. The van der Waals surface area contributed by atoms with E-state index in [4.69, 9.17) is 0 Å². The Balaban J connectivity index is 1.48. The average molecular weight is 260 g/mol. The molecule has 104 valence electrons. The number of aromatic nitrogens is 1. The highest BCUT2D eigenvalue weighted by atomic mass is 16.1. The van der Waals surface area contributed by atoms with E-state index < -0.39 is 0 Å². The van der Waals surface area contributed by atoms with Crippen LogP contribution in [0.25, 0.3) is 0 Å². The molecule has 0 aliphatic heterocycles. The zero-order valence-electron chi connectivity index (χ0n) is 11.7. The van der Waals surface area contributed by atoms with E-state index in [1.54, 1.807) is 16.7 Å². The lowest BCUT2D eigenvalue weighted by atomic mass is 9.84. The lowest BCUT2D eigenvalue weighted by Crippen LogP contribution is -2.38. The molecule has 2 aliphatic rings. The molecule has 0 radical (unpaired) electrons. The van der Waals surface area contributed by atoms with Crippen LogP contribution in [-0.4, -0.2) is 17.2 Å². The summed E-state index contributed by atoms with van der Waals surface area (Å²) in [5.41, 5.74) is 0.0943. The van der Waals surface area contributed by atoms with Gasteiger partial charge in [0.05, 0.1) is 0 Å². The maximum Gasteiger partial charge on any atom is 0.250 e. The highest BCUT2D eigenvalue weighted by molar-refractivity contribution is 4.95. The molecule has 1 aromatic heterocycles. The second-order valence-electron chi connectivity index (χ2n) is 6.31. The molecule has 2 fully saturated rings. The number of nitrogens with zero attached hydrogens (tertiary/aromatic N) is 1. The van der Waals surface area contributed by atoms with Crippen molar-refractivity contribution in [1.82, 2.24) is 9.88 Å². The van der Waals surface area contributed by atoms with Crippen molar-refractivity contribution in [3.05, 3.63) is 34.7 Å². The molecule has 0 amide bonds. The van der Waals surface area contributed by atoms with Crippen LogP contribution in [0.2, 0.25) is 0 Å². The highest BCUT2D eigenvalue weighted by Crippen LogP contribution is 2.49. The van der Waals surface area contributed by atoms with Gasteiger partial charge in [0.15, 0.2) is 0 Å². The van der Waals surface area contributed by atoms with Crippen LogP contribution in [0.3, 0.4) is 0 Å². The smallest absolute Gasteiger partial charge is 0.250 e. The van der Waals surface area contributed by atoms with Crippen molar-refractivity contribution in [3.63, 3.8) is 0 Å². The minimum absolute atomic E-state index is 0.0943. The van der Waals surface area contributed by atoms with E-state index in [0.29, 0.717) is 6.04 Å². The van der Waals surface area contributed by atoms with Gasteiger partial charge in [-0.1, -0.05) is 12.5 Å². The molecule has 3 rings (SSSR count). The van der Waals surface area contributed by atoms with Crippen molar-refractivity contribution in [2.75, 3.05) is 6.54 Å². The summed E-state index contributed by atoms with van der Waals surface area (Å²) < 4.78 is 1.78. The Bertz CT molecular complexity index is 482. The Kier molecular flexibility index (Phi) is 3.74. The summed E-state index contributed by atoms with van der Waals surface area (Å²) in [5, 5.41) is 3.63. The highest BCUT2D eigenvalue weighted by Gasteiger charge is 2.41. The Morgan fingerprint density at radius 2 is 2.26 bits per heavy atom. The summed E-state index contributed by atoms with van der Waals surface area (Å²) in [7, 11) is 0. The van der Waals surface area contributed by atoms with Crippen molar-refractivity contribution < 1.29 is 0 Å². The fourth-order valence-corrected chi connectivity index (χ4v) is 4.12. The van der Waals surface area contributed by atoms with Crippen molar-refractivity contribution in [3.8, 4) is 0 Å². The molecule has 0 saturated heterocycles. The third kappa shape index (κ3) is 2.76. The summed E-state index contributed by atoms with van der Waals surface area (Å²) in [6.45, 7) is 3.98. The molecular formula is C16H24N2O. The van der Waals surface area contributed by atoms with E-state index >= 15 is 0 Å². The molecule has 1 N–H and O–H groups in total. The standard InChI is InChI=1S/C16H24N2O/c1-12(15-11-13-5-6-14(15)10-13)17-7-9-18-8-3-2-4-16(18)19/h2-4,8,12-15,17H,5-7,9-11H2,1H3. The monoisotopic (exact) mass is 260 g/mol. The zero-order valence-corrected chi connectivity index (χ0v) is 11.7. The maximum atomic E-state index is 11.6. The van der Waals surface area contributed by atoms with Crippen LogP contribution in [0, 0.1) is 17.8 Å². The van der Waals surface area contributed by atoms with E-state index in [0.717, 1.165) is 30.8 Å².